The summed E-state index contributed by atoms with van der Waals surface area (Å²) in [5.74, 6) is -0.958. The molecule has 1 heterocycles. The zero-order chi connectivity index (χ0) is 24.1. The van der Waals surface area contributed by atoms with Gasteiger partial charge in [-0.25, -0.2) is 9.59 Å². The van der Waals surface area contributed by atoms with Crippen molar-refractivity contribution < 1.29 is 28.6 Å². The second-order valence-corrected chi connectivity index (χ2v) is 7.46. The Kier molecular flexibility index (Phi) is 6.59. The van der Waals surface area contributed by atoms with Crippen LogP contribution in [0.2, 0.25) is 0 Å². The Morgan fingerprint density at radius 2 is 1.68 bits per heavy atom. The topological polar surface area (TPSA) is 115 Å². The highest BCUT2D eigenvalue weighted by Gasteiger charge is 2.19. The second kappa shape index (κ2) is 9.91. The summed E-state index contributed by atoms with van der Waals surface area (Å²) in [6, 6.07) is 21.8. The molecule has 0 bridgehead atoms. The van der Waals surface area contributed by atoms with E-state index in [1.54, 1.807) is 24.3 Å². The molecule has 0 aliphatic rings. The third-order valence-electron chi connectivity index (χ3n) is 4.92. The summed E-state index contributed by atoms with van der Waals surface area (Å²) in [6.45, 7) is 1.52. The van der Waals surface area contributed by atoms with Gasteiger partial charge >= 0.3 is 12.1 Å². The highest BCUT2D eigenvalue weighted by Crippen LogP contribution is 2.28. The number of amides is 1. The molecular formula is C26H21NO7. The normalized spacial score (nSPS) is 11.6. The highest BCUT2D eigenvalue weighted by molar-refractivity contribution is 5.96. The van der Waals surface area contributed by atoms with Gasteiger partial charge in [0.1, 0.15) is 29.1 Å². The first-order valence-electron chi connectivity index (χ1n) is 10.4. The number of hydrogen-bond donors (Lipinski definition) is 2. The van der Waals surface area contributed by atoms with E-state index in [0.29, 0.717) is 11.3 Å². The minimum Gasteiger partial charge on any atom is -0.507 e. The van der Waals surface area contributed by atoms with Gasteiger partial charge in [-0.1, -0.05) is 60.7 Å². The molecule has 8 nitrogen and oxygen atoms in total. The van der Waals surface area contributed by atoms with E-state index in [1.807, 2.05) is 36.4 Å². The van der Waals surface area contributed by atoms with Crippen LogP contribution in [0.1, 0.15) is 22.8 Å². The number of carbonyl (C=O) groups excluding carboxylic acids is 2. The van der Waals surface area contributed by atoms with Gasteiger partial charge in [-0.05, 0) is 24.6 Å². The molecule has 34 heavy (non-hydrogen) atoms. The minimum atomic E-state index is -1.02. The first-order chi connectivity index (χ1) is 16.4. The van der Waals surface area contributed by atoms with Crippen LogP contribution in [0.5, 0.6) is 5.75 Å². The Morgan fingerprint density at radius 3 is 2.38 bits per heavy atom. The number of rotatable bonds is 6. The first-order valence-corrected chi connectivity index (χ1v) is 10.4. The number of aromatic hydroxyl groups is 1. The molecular weight excluding hydrogens is 438 g/mol. The number of esters is 1. The maximum Gasteiger partial charge on any atom is 0.410 e. The Hall–Kier alpha value is -4.59. The monoisotopic (exact) mass is 459 g/mol. The molecule has 2 N–H and O–H groups in total. The van der Waals surface area contributed by atoms with E-state index < -0.39 is 29.5 Å². The number of phenolic OH excluding ortho intramolecular Hbond substituents is 1. The average Bonchev–Trinajstić information content (AvgIpc) is 2.83. The summed E-state index contributed by atoms with van der Waals surface area (Å²) in [5, 5.41) is 12.7. The summed E-state index contributed by atoms with van der Waals surface area (Å²) in [7, 11) is 0. The van der Waals surface area contributed by atoms with Crippen molar-refractivity contribution in [3.05, 3.63) is 100 Å². The van der Waals surface area contributed by atoms with Crippen LogP contribution in [0, 0.1) is 0 Å². The van der Waals surface area contributed by atoms with Crippen LogP contribution < -0.4 is 10.7 Å². The summed E-state index contributed by atoms with van der Waals surface area (Å²) in [4.78, 5) is 37.1. The Balaban J connectivity index is 1.47. The van der Waals surface area contributed by atoms with Gasteiger partial charge in [0, 0.05) is 11.6 Å². The number of alkyl carbamates (subject to hydrolysis) is 1. The molecule has 0 saturated heterocycles. The summed E-state index contributed by atoms with van der Waals surface area (Å²) < 4.78 is 16.1. The fourth-order valence-corrected chi connectivity index (χ4v) is 3.32. The van der Waals surface area contributed by atoms with Crippen LogP contribution in [0.4, 0.5) is 4.79 Å². The molecule has 0 aliphatic carbocycles. The molecule has 8 heteroatoms. The van der Waals surface area contributed by atoms with Crippen LogP contribution in [0.3, 0.4) is 0 Å². The second-order valence-electron chi connectivity index (χ2n) is 7.46. The predicted molar refractivity (Wildman–Crippen MR) is 124 cm³/mol. The van der Waals surface area contributed by atoms with E-state index in [1.165, 1.54) is 19.1 Å². The number of fused-ring (bicyclic) bond motifs is 1. The summed E-state index contributed by atoms with van der Waals surface area (Å²) >= 11 is 0. The first kappa shape index (κ1) is 22.6. The highest BCUT2D eigenvalue weighted by atomic mass is 16.6. The molecule has 172 valence electrons. The van der Waals surface area contributed by atoms with Crippen molar-refractivity contribution in [1.29, 1.82) is 0 Å². The van der Waals surface area contributed by atoms with Crippen molar-refractivity contribution in [2.75, 3.05) is 0 Å². The van der Waals surface area contributed by atoms with Crippen LogP contribution >= 0.6 is 0 Å². The van der Waals surface area contributed by atoms with Crippen LogP contribution in [0.15, 0.2) is 88.1 Å². The Morgan fingerprint density at radius 1 is 1.00 bits per heavy atom. The standard InChI is InChI=1S/C26H21NO7/c1-16(27-26(31)32-15-17-8-4-2-5-9-17)33-25(30)19-12-20(28)24-21(29)14-22(34-23(24)13-19)18-10-6-3-7-11-18/h2-14,16,28H,15H2,1H3,(H,27,31). The van der Waals surface area contributed by atoms with Crippen molar-refractivity contribution in [3.8, 4) is 17.1 Å². The van der Waals surface area contributed by atoms with Crippen molar-refractivity contribution in [1.82, 2.24) is 5.32 Å². The maximum atomic E-state index is 12.6. The zero-order valence-electron chi connectivity index (χ0n) is 18.2. The van der Waals surface area contributed by atoms with E-state index >= 15 is 0 Å². The fourth-order valence-electron chi connectivity index (χ4n) is 3.32. The zero-order valence-corrected chi connectivity index (χ0v) is 18.2. The molecule has 0 saturated carbocycles. The van der Waals surface area contributed by atoms with Gasteiger partial charge < -0.3 is 19.0 Å². The lowest BCUT2D eigenvalue weighted by Gasteiger charge is -2.15. The van der Waals surface area contributed by atoms with Gasteiger partial charge in [-0.2, -0.15) is 0 Å². The average molecular weight is 459 g/mol. The summed E-state index contributed by atoms with van der Waals surface area (Å²) in [6.07, 6.45) is -1.78. The van der Waals surface area contributed by atoms with Gasteiger partial charge in [-0.15, -0.1) is 0 Å². The quantitative estimate of drug-likeness (QED) is 0.320. The number of ether oxygens (including phenoxy) is 2. The van der Waals surface area contributed by atoms with E-state index in [9.17, 15) is 19.5 Å². The van der Waals surface area contributed by atoms with E-state index in [0.717, 1.165) is 11.6 Å². The lowest BCUT2D eigenvalue weighted by Crippen LogP contribution is -2.36. The van der Waals surface area contributed by atoms with Crippen LogP contribution in [0.25, 0.3) is 22.3 Å². The van der Waals surface area contributed by atoms with Crippen LogP contribution in [-0.2, 0) is 16.1 Å². The van der Waals surface area contributed by atoms with Crippen molar-refractivity contribution >= 4 is 23.0 Å². The molecule has 4 aromatic rings. The number of carbonyl (C=O) groups is 2. The number of hydrogen-bond acceptors (Lipinski definition) is 7. The molecule has 1 atom stereocenters. The van der Waals surface area contributed by atoms with E-state index in [4.69, 9.17) is 13.9 Å². The lowest BCUT2D eigenvalue weighted by molar-refractivity contribution is 0.0251. The molecule has 1 aromatic heterocycles. The Labute approximate surface area is 194 Å². The minimum absolute atomic E-state index is 0.0289. The van der Waals surface area contributed by atoms with Crippen molar-refractivity contribution in [2.45, 2.75) is 19.8 Å². The van der Waals surface area contributed by atoms with Gasteiger partial charge in [0.2, 0.25) is 0 Å². The largest absolute Gasteiger partial charge is 0.507 e. The third kappa shape index (κ3) is 5.24. The number of nitrogens with one attached hydrogen (secondary N) is 1. The van der Waals surface area contributed by atoms with Gasteiger partial charge in [0.15, 0.2) is 11.7 Å². The SMILES string of the molecule is CC(NC(=O)OCc1ccccc1)OC(=O)c1cc(O)c2c(=O)cc(-c3ccccc3)oc2c1. The molecule has 1 amide bonds. The van der Waals surface area contributed by atoms with Crippen molar-refractivity contribution in [3.63, 3.8) is 0 Å². The third-order valence-corrected chi connectivity index (χ3v) is 4.92. The number of benzene rings is 3. The summed E-state index contributed by atoms with van der Waals surface area (Å²) in [5.41, 5.74) is 1.01. The fraction of sp³-hybridized carbons (Fsp3) is 0.115. The molecule has 1 unspecified atom stereocenters. The molecule has 3 aromatic carbocycles. The lowest BCUT2D eigenvalue weighted by atomic mass is 10.1. The van der Waals surface area contributed by atoms with Gasteiger partial charge in [0.05, 0.1) is 5.56 Å². The number of phenols is 1. The Bertz CT molecular complexity index is 1380. The van der Waals surface area contributed by atoms with Gasteiger partial charge in [0.25, 0.3) is 0 Å². The molecule has 0 fully saturated rings. The molecule has 0 aliphatic heterocycles. The molecule has 0 spiro atoms. The molecule has 0 radical (unpaired) electrons. The predicted octanol–water partition coefficient (Wildman–Crippen LogP) is 4.59. The van der Waals surface area contributed by atoms with Gasteiger partial charge in [-0.3, -0.25) is 10.1 Å². The van der Waals surface area contributed by atoms with E-state index in [-0.39, 0.29) is 23.1 Å². The van der Waals surface area contributed by atoms with Crippen LogP contribution in [-0.4, -0.2) is 23.4 Å². The van der Waals surface area contributed by atoms with E-state index in [2.05, 4.69) is 5.32 Å². The van der Waals surface area contributed by atoms with Crippen molar-refractivity contribution in [2.24, 2.45) is 0 Å². The maximum absolute atomic E-state index is 12.6. The molecule has 4 rings (SSSR count). The smallest absolute Gasteiger partial charge is 0.410 e.